The van der Waals surface area contributed by atoms with Crippen LogP contribution >= 0.6 is 7.60 Å². The molecule has 6 N–H and O–H groups in total. The lowest BCUT2D eigenvalue weighted by atomic mass is 10.2. The number of rotatable bonds is 6. The maximum absolute atomic E-state index is 11.3. The number of nitrogens with zero attached hydrogens (tertiary/aromatic N) is 4. The van der Waals surface area contributed by atoms with E-state index in [1.54, 1.807) is 4.57 Å². The molecule has 1 saturated heterocycles. The number of hydroxylamine groups is 1. The van der Waals surface area contributed by atoms with Crippen molar-refractivity contribution in [3.05, 3.63) is 12.7 Å². The van der Waals surface area contributed by atoms with E-state index in [2.05, 4.69) is 15.0 Å². The Labute approximate surface area is 146 Å². The third kappa shape index (κ3) is 3.67. The molecule has 1 aliphatic heterocycles. The molecule has 1 amide bonds. The Morgan fingerprint density at radius 2 is 2.23 bits per heavy atom. The predicted molar refractivity (Wildman–Crippen MR) is 84.6 cm³/mol. The molecular weight excluding hydrogens is 371 g/mol. The van der Waals surface area contributed by atoms with Crippen LogP contribution < -0.4 is 11.2 Å². The van der Waals surface area contributed by atoms with Crippen molar-refractivity contribution in [2.45, 2.75) is 31.0 Å². The van der Waals surface area contributed by atoms with E-state index in [0.29, 0.717) is 24.0 Å². The maximum atomic E-state index is 11.3. The Morgan fingerprint density at radius 1 is 1.46 bits per heavy atom. The van der Waals surface area contributed by atoms with E-state index in [0.717, 1.165) is 0 Å². The van der Waals surface area contributed by atoms with Gasteiger partial charge < -0.3 is 25.0 Å². The second kappa shape index (κ2) is 7.23. The summed E-state index contributed by atoms with van der Waals surface area (Å²) < 4.78 is 23.7. The molecule has 0 saturated carbocycles. The minimum absolute atomic E-state index is 0.242. The van der Waals surface area contributed by atoms with Gasteiger partial charge in [0.1, 0.15) is 18.1 Å². The van der Waals surface area contributed by atoms with Crippen molar-refractivity contribution < 1.29 is 33.8 Å². The number of nitrogens with two attached hydrogens (primary N) is 1. The van der Waals surface area contributed by atoms with Crippen molar-refractivity contribution in [3.8, 4) is 0 Å². The molecular formula is C12H17N6O7P. The fourth-order valence-electron chi connectivity index (χ4n) is 2.67. The minimum Gasteiger partial charge on any atom is -0.382 e. The standard InChI is InChI=1S/C12H17N6O7P/c13-9-8-10(15-4-14-9)18(5-16-8)7-2-1-6(25-7)3-24-12(11(19)17-20)26(21,22)23/h4-7,12,20H,1-3H2,(H,17,19)(H2,13,14,15)(H2,21,22,23)/t6-,7+,12?/m0/s1. The van der Waals surface area contributed by atoms with Gasteiger partial charge >= 0.3 is 7.60 Å². The molecule has 0 aromatic carbocycles. The lowest BCUT2D eigenvalue weighted by molar-refractivity contribution is -0.139. The largest absolute Gasteiger partial charge is 0.382 e. The molecule has 0 radical (unpaired) electrons. The quantitative estimate of drug-likeness (QED) is 0.234. The Hall–Kier alpha value is -2.15. The van der Waals surface area contributed by atoms with Crippen LogP contribution in [0.4, 0.5) is 5.82 Å². The van der Waals surface area contributed by atoms with Gasteiger partial charge in [0.05, 0.1) is 19.0 Å². The first kappa shape index (κ1) is 18.6. The summed E-state index contributed by atoms with van der Waals surface area (Å²) in [6.45, 7) is -0.247. The van der Waals surface area contributed by atoms with Crippen LogP contribution in [0.15, 0.2) is 12.7 Å². The average molecular weight is 388 g/mol. The predicted octanol–water partition coefficient (Wildman–Crippen LogP) is -0.888. The van der Waals surface area contributed by atoms with Crippen LogP contribution in [0.3, 0.4) is 0 Å². The molecule has 13 nitrogen and oxygen atoms in total. The highest BCUT2D eigenvalue weighted by Crippen LogP contribution is 2.42. The number of nitrogens with one attached hydrogen (secondary N) is 1. The van der Waals surface area contributed by atoms with Crippen molar-refractivity contribution in [2.24, 2.45) is 0 Å². The van der Waals surface area contributed by atoms with E-state index in [-0.39, 0.29) is 12.4 Å². The van der Waals surface area contributed by atoms with Gasteiger partial charge in [0.25, 0.3) is 5.91 Å². The molecule has 142 valence electrons. The molecule has 2 aromatic heterocycles. The van der Waals surface area contributed by atoms with Gasteiger partial charge in [-0.05, 0) is 12.8 Å². The molecule has 3 rings (SSSR count). The molecule has 14 heteroatoms. The van der Waals surface area contributed by atoms with Gasteiger partial charge in [-0.25, -0.2) is 20.4 Å². The van der Waals surface area contributed by atoms with Gasteiger partial charge in [0.2, 0.25) is 5.85 Å². The van der Waals surface area contributed by atoms with Gasteiger partial charge in [-0.1, -0.05) is 0 Å². The van der Waals surface area contributed by atoms with Crippen molar-refractivity contribution in [2.75, 3.05) is 12.3 Å². The van der Waals surface area contributed by atoms with Crippen LogP contribution in [-0.2, 0) is 18.8 Å². The fraction of sp³-hybridized carbons (Fsp3) is 0.500. The molecule has 3 atom stereocenters. The Kier molecular flexibility index (Phi) is 5.18. The van der Waals surface area contributed by atoms with Gasteiger partial charge in [-0.2, -0.15) is 0 Å². The van der Waals surface area contributed by atoms with E-state index in [1.807, 2.05) is 0 Å². The number of ether oxygens (including phenoxy) is 2. The van der Waals surface area contributed by atoms with Gasteiger partial charge in [0, 0.05) is 0 Å². The zero-order valence-corrected chi connectivity index (χ0v) is 14.2. The van der Waals surface area contributed by atoms with E-state index in [4.69, 9.17) is 30.2 Å². The summed E-state index contributed by atoms with van der Waals surface area (Å²) in [6, 6.07) is 0. The molecule has 1 unspecified atom stereocenters. The number of hydrogen-bond acceptors (Lipinski definition) is 9. The zero-order chi connectivity index (χ0) is 18.9. The number of aromatic nitrogens is 4. The number of nitrogen functional groups attached to an aromatic ring is 1. The van der Waals surface area contributed by atoms with Crippen molar-refractivity contribution >= 4 is 30.5 Å². The van der Waals surface area contributed by atoms with E-state index in [9.17, 15) is 9.36 Å². The Balaban J connectivity index is 1.66. The third-order valence-electron chi connectivity index (χ3n) is 3.86. The summed E-state index contributed by atoms with van der Waals surface area (Å²) in [5.74, 6) is -3.21. The molecule has 0 aliphatic carbocycles. The van der Waals surface area contributed by atoms with Crippen molar-refractivity contribution in [1.82, 2.24) is 25.0 Å². The van der Waals surface area contributed by atoms with Gasteiger partial charge in [-0.15, -0.1) is 0 Å². The molecule has 2 aromatic rings. The second-order valence-electron chi connectivity index (χ2n) is 5.62. The third-order valence-corrected chi connectivity index (χ3v) is 4.86. The fourth-order valence-corrected chi connectivity index (χ4v) is 3.32. The summed E-state index contributed by atoms with van der Waals surface area (Å²) >= 11 is 0. The van der Waals surface area contributed by atoms with E-state index >= 15 is 0 Å². The Morgan fingerprint density at radius 3 is 2.92 bits per heavy atom. The van der Waals surface area contributed by atoms with Crippen LogP contribution in [0.25, 0.3) is 11.2 Å². The van der Waals surface area contributed by atoms with E-state index in [1.165, 1.54) is 18.1 Å². The number of hydrogen-bond donors (Lipinski definition) is 5. The first-order chi connectivity index (χ1) is 12.3. The molecule has 1 fully saturated rings. The highest BCUT2D eigenvalue weighted by Gasteiger charge is 2.38. The number of anilines is 1. The number of carbonyl (C=O) groups is 1. The summed E-state index contributed by atoms with van der Waals surface area (Å²) in [5, 5.41) is 8.56. The average Bonchev–Trinajstić information content (AvgIpc) is 3.20. The van der Waals surface area contributed by atoms with Crippen LogP contribution in [0.1, 0.15) is 19.1 Å². The lowest BCUT2D eigenvalue weighted by Gasteiger charge is -2.20. The topological polar surface area (TPSA) is 195 Å². The summed E-state index contributed by atoms with van der Waals surface area (Å²) in [4.78, 5) is 41.7. The maximum Gasteiger partial charge on any atom is 0.363 e. The van der Waals surface area contributed by atoms with Crippen LogP contribution in [0.5, 0.6) is 0 Å². The van der Waals surface area contributed by atoms with Crippen molar-refractivity contribution in [1.29, 1.82) is 0 Å². The summed E-state index contributed by atoms with van der Waals surface area (Å²) in [7, 11) is -4.90. The molecule has 1 aliphatic rings. The molecule has 26 heavy (non-hydrogen) atoms. The lowest BCUT2D eigenvalue weighted by Crippen LogP contribution is -2.36. The molecule has 3 heterocycles. The van der Waals surface area contributed by atoms with Crippen molar-refractivity contribution in [3.63, 3.8) is 0 Å². The van der Waals surface area contributed by atoms with E-state index < -0.39 is 31.7 Å². The first-order valence-corrected chi connectivity index (χ1v) is 9.18. The van der Waals surface area contributed by atoms with Gasteiger partial charge in [-0.3, -0.25) is 19.1 Å². The van der Waals surface area contributed by atoms with Crippen LogP contribution in [0, 0.1) is 0 Å². The second-order valence-corrected chi connectivity index (χ2v) is 7.27. The first-order valence-electron chi connectivity index (χ1n) is 7.50. The smallest absolute Gasteiger partial charge is 0.363 e. The zero-order valence-electron chi connectivity index (χ0n) is 13.3. The van der Waals surface area contributed by atoms with Crippen LogP contribution in [-0.4, -0.2) is 59.0 Å². The number of imidazole rings is 1. The Bertz CT molecular complexity index is 854. The SMILES string of the molecule is Nc1ncnc2c1ncn2[C@H]1CC[C@@H](COC(C(=O)NO)P(=O)(O)O)O1. The molecule has 0 spiro atoms. The minimum atomic E-state index is -4.90. The van der Waals surface area contributed by atoms with Gasteiger partial charge in [0.15, 0.2) is 11.5 Å². The highest BCUT2D eigenvalue weighted by molar-refractivity contribution is 7.53. The highest BCUT2D eigenvalue weighted by atomic mass is 31.2. The van der Waals surface area contributed by atoms with Crippen LogP contribution in [0.2, 0.25) is 0 Å². The number of amides is 1. The number of fused-ring (bicyclic) bond motifs is 1. The summed E-state index contributed by atoms with van der Waals surface area (Å²) in [6.07, 6.45) is 2.96. The monoisotopic (exact) mass is 388 g/mol. The number of carbonyl (C=O) groups excluding carboxylic acids is 1. The molecule has 0 bridgehead atoms. The normalized spacial score (nSPS) is 21.8. The summed E-state index contributed by atoms with van der Waals surface area (Å²) in [5.41, 5.74) is 7.85.